The van der Waals surface area contributed by atoms with E-state index in [0.717, 1.165) is 32.4 Å². The van der Waals surface area contributed by atoms with Crippen LogP contribution in [-0.4, -0.2) is 66.5 Å². The van der Waals surface area contributed by atoms with Gasteiger partial charge in [0, 0.05) is 37.3 Å². The lowest BCUT2D eigenvalue weighted by molar-refractivity contribution is -0.128. The van der Waals surface area contributed by atoms with E-state index >= 15 is 0 Å². The highest BCUT2D eigenvalue weighted by Gasteiger charge is 2.42. The molecule has 0 radical (unpaired) electrons. The summed E-state index contributed by atoms with van der Waals surface area (Å²) < 4.78 is 5.36. The summed E-state index contributed by atoms with van der Waals surface area (Å²) in [7, 11) is 1.60. The summed E-state index contributed by atoms with van der Waals surface area (Å²) in [6.45, 7) is 2.83. The molecular weight excluding hydrogens is 488 g/mol. The molecular formula is C32H44N4O3. The molecule has 1 saturated heterocycles. The quantitative estimate of drug-likeness (QED) is 0.479. The van der Waals surface area contributed by atoms with Gasteiger partial charge in [-0.05, 0) is 87.1 Å². The number of benzene rings is 2. The molecule has 210 valence electrons. The highest BCUT2D eigenvalue weighted by atomic mass is 16.5. The summed E-state index contributed by atoms with van der Waals surface area (Å²) in [5.41, 5.74) is 7.81. The molecule has 2 aliphatic carbocycles. The van der Waals surface area contributed by atoms with E-state index in [1.54, 1.807) is 18.1 Å². The minimum atomic E-state index is -0.492. The number of carbonyl (C=O) groups is 2. The SMILES string of the molecule is COc1cccc(C(=O)N2CCC(N(Cc3ccccc3)C3CC3)C[C@@H]2C(=O)NCC2CCCC(CN)C2)c1. The maximum Gasteiger partial charge on any atom is 0.254 e. The number of ether oxygens (including phenoxy) is 1. The molecule has 3 unspecified atom stereocenters. The fraction of sp³-hybridized carbons (Fsp3) is 0.562. The summed E-state index contributed by atoms with van der Waals surface area (Å²) in [4.78, 5) is 31.9. The summed E-state index contributed by atoms with van der Waals surface area (Å²) >= 11 is 0. The molecule has 4 atom stereocenters. The first-order valence-electron chi connectivity index (χ1n) is 14.8. The number of nitrogens with two attached hydrogens (primary N) is 1. The molecule has 1 aliphatic heterocycles. The third-order valence-electron chi connectivity index (χ3n) is 8.94. The van der Waals surface area contributed by atoms with Crippen molar-refractivity contribution in [1.82, 2.24) is 15.1 Å². The molecule has 2 aromatic rings. The van der Waals surface area contributed by atoms with Crippen molar-refractivity contribution >= 4 is 11.8 Å². The predicted octanol–water partition coefficient (Wildman–Crippen LogP) is 4.21. The zero-order valence-corrected chi connectivity index (χ0v) is 23.3. The lowest BCUT2D eigenvalue weighted by Crippen LogP contribution is -2.58. The van der Waals surface area contributed by atoms with Crippen LogP contribution in [0.2, 0.25) is 0 Å². The number of piperidine rings is 1. The smallest absolute Gasteiger partial charge is 0.254 e. The van der Waals surface area contributed by atoms with E-state index in [-0.39, 0.29) is 17.9 Å². The van der Waals surface area contributed by atoms with Crippen molar-refractivity contribution in [3.05, 3.63) is 65.7 Å². The van der Waals surface area contributed by atoms with E-state index in [2.05, 4.69) is 40.5 Å². The Morgan fingerprint density at radius 1 is 0.974 bits per heavy atom. The fourth-order valence-corrected chi connectivity index (χ4v) is 6.58. The maximum absolute atomic E-state index is 13.8. The number of amides is 2. The number of rotatable bonds is 10. The van der Waals surface area contributed by atoms with Crippen LogP contribution in [0.25, 0.3) is 0 Å². The van der Waals surface area contributed by atoms with E-state index < -0.39 is 6.04 Å². The molecule has 1 heterocycles. The minimum Gasteiger partial charge on any atom is -0.497 e. The van der Waals surface area contributed by atoms with Gasteiger partial charge in [-0.2, -0.15) is 0 Å². The van der Waals surface area contributed by atoms with Gasteiger partial charge in [0.05, 0.1) is 7.11 Å². The van der Waals surface area contributed by atoms with Gasteiger partial charge in [-0.25, -0.2) is 0 Å². The van der Waals surface area contributed by atoms with Crippen molar-refractivity contribution in [2.24, 2.45) is 17.6 Å². The van der Waals surface area contributed by atoms with Gasteiger partial charge >= 0.3 is 0 Å². The summed E-state index contributed by atoms with van der Waals surface area (Å²) in [5, 5.41) is 3.26. The van der Waals surface area contributed by atoms with E-state index in [1.165, 1.54) is 31.2 Å². The summed E-state index contributed by atoms with van der Waals surface area (Å²) in [6, 6.07) is 18.2. The van der Waals surface area contributed by atoms with Crippen LogP contribution in [-0.2, 0) is 11.3 Å². The Hall–Kier alpha value is -2.90. The van der Waals surface area contributed by atoms with Crippen LogP contribution in [0.15, 0.2) is 54.6 Å². The maximum atomic E-state index is 13.8. The molecule has 0 spiro atoms. The molecule has 7 nitrogen and oxygen atoms in total. The van der Waals surface area contributed by atoms with Crippen molar-refractivity contribution < 1.29 is 14.3 Å². The molecule has 2 aromatic carbocycles. The predicted molar refractivity (Wildman–Crippen MR) is 153 cm³/mol. The van der Waals surface area contributed by atoms with Crippen molar-refractivity contribution in [3.8, 4) is 5.75 Å². The van der Waals surface area contributed by atoms with Crippen molar-refractivity contribution in [1.29, 1.82) is 0 Å². The number of carbonyl (C=O) groups excluding carboxylic acids is 2. The van der Waals surface area contributed by atoms with Gasteiger partial charge in [0.25, 0.3) is 5.91 Å². The number of nitrogens with one attached hydrogen (secondary N) is 1. The van der Waals surface area contributed by atoms with Gasteiger partial charge in [-0.15, -0.1) is 0 Å². The molecule has 3 aliphatic rings. The summed E-state index contributed by atoms with van der Waals surface area (Å²) in [6.07, 6.45) is 8.49. The van der Waals surface area contributed by atoms with Crippen LogP contribution in [0.4, 0.5) is 0 Å². The monoisotopic (exact) mass is 532 g/mol. The topological polar surface area (TPSA) is 87.9 Å². The Labute approximate surface area is 233 Å². The molecule has 5 rings (SSSR count). The van der Waals surface area contributed by atoms with E-state index in [4.69, 9.17) is 10.5 Å². The Morgan fingerprint density at radius 2 is 1.77 bits per heavy atom. The van der Waals surface area contributed by atoms with Crippen molar-refractivity contribution in [2.75, 3.05) is 26.7 Å². The minimum absolute atomic E-state index is 0.0266. The number of hydrogen-bond donors (Lipinski definition) is 2. The fourth-order valence-electron chi connectivity index (χ4n) is 6.58. The first-order valence-corrected chi connectivity index (χ1v) is 14.8. The highest BCUT2D eigenvalue weighted by molar-refractivity contribution is 5.98. The van der Waals surface area contributed by atoms with E-state index in [1.807, 2.05) is 18.2 Å². The highest BCUT2D eigenvalue weighted by Crippen LogP contribution is 2.35. The molecule has 3 N–H and O–H groups in total. The second-order valence-electron chi connectivity index (χ2n) is 11.7. The van der Waals surface area contributed by atoms with Crippen LogP contribution in [0, 0.1) is 11.8 Å². The zero-order valence-electron chi connectivity index (χ0n) is 23.3. The Bertz CT molecular complexity index is 1110. The number of methoxy groups -OCH3 is 1. The largest absolute Gasteiger partial charge is 0.497 e. The van der Waals surface area contributed by atoms with Gasteiger partial charge in [0.2, 0.25) is 5.91 Å². The van der Waals surface area contributed by atoms with E-state index in [0.29, 0.717) is 48.7 Å². The van der Waals surface area contributed by atoms with Crippen LogP contribution in [0.1, 0.15) is 67.3 Å². The molecule has 2 amide bonds. The van der Waals surface area contributed by atoms with Crippen LogP contribution >= 0.6 is 0 Å². The van der Waals surface area contributed by atoms with Gasteiger partial charge in [0.15, 0.2) is 0 Å². The zero-order chi connectivity index (χ0) is 27.2. The summed E-state index contributed by atoms with van der Waals surface area (Å²) in [5.74, 6) is 1.53. The van der Waals surface area contributed by atoms with Crippen molar-refractivity contribution in [2.45, 2.75) is 76.0 Å². The second kappa shape index (κ2) is 13.0. The first-order chi connectivity index (χ1) is 19.1. The lowest BCUT2D eigenvalue weighted by atomic mass is 9.81. The Balaban J connectivity index is 1.32. The Kier molecular flexibility index (Phi) is 9.20. The average Bonchev–Trinajstić information content (AvgIpc) is 3.84. The number of likely N-dealkylation sites (tertiary alicyclic amines) is 1. The third kappa shape index (κ3) is 7.00. The Morgan fingerprint density at radius 3 is 2.51 bits per heavy atom. The molecule has 0 aromatic heterocycles. The standard InChI is InChI=1S/C32H44N4O3/c1-39-29-12-6-11-26(18-29)32(38)35-16-15-28(36(27-13-14-27)22-23-7-3-2-4-8-23)19-30(35)31(37)34-21-25-10-5-9-24(17-25)20-33/h2-4,6-8,11-12,18,24-25,27-28,30H,5,9-10,13-17,19-22,33H2,1H3,(H,34,37)/t24?,25?,28?,30-/m1/s1. The van der Waals surface area contributed by atoms with Gasteiger partial charge in [-0.3, -0.25) is 14.5 Å². The van der Waals surface area contributed by atoms with Gasteiger partial charge < -0.3 is 20.7 Å². The van der Waals surface area contributed by atoms with Crippen molar-refractivity contribution in [3.63, 3.8) is 0 Å². The first kappa shape index (κ1) is 27.7. The lowest BCUT2D eigenvalue weighted by Gasteiger charge is -2.43. The molecule has 0 bridgehead atoms. The van der Waals surface area contributed by atoms with Gasteiger partial charge in [0.1, 0.15) is 11.8 Å². The molecule has 2 saturated carbocycles. The molecule has 7 heteroatoms. The number of nitrogens with zero attached hydrogens (tertiary/aromatic N) is 2. The number of hydrogen-bond acceptors (Lipinski definition) is 5. The third-order valence-corrected chi connectivity index (χ3v) is 8.94. The van der Waals surface area contributed by atoms with Crippen LogP contribution in [0.3, 0.4) is 0 Å². The van der Waals surface area contributed by atoms with E-state index in [9.17, 15) is 9.59 Å². The normalized spacial score (nSPS) is 25.4. The average molecular weight is 533 g/mol. The molecule has 3 fully saturated rings. The van der Waals surface area contributed by atoms with Gasteiger partial charge in [-0.1, -0.05) is 42.8 Å². The van der Waals surface area contributed by atoms with Crippen LogP contribution in [0.5, 0.6) is 5.75 Å². The second-order valence-corrected chi connectivity index (χ2v) is 11.7. The molecule has 39 heavy (non-hydrogen) atoms. The van der Waals surface area contributed by atoms with Crippen LogP contribution < -0.4 is 15.8 Å².